The number of hydrogen-bond donors (Lipinski definition) is 0. The normalized spacial score (nSPS) is 26.1. The standard InChI is InChI=1S/C13H9NO/c1-2-4-10-8(3-1)7-9-11(14-10)5-6-12-13(9)15-12/h1-7,12-13H/t12-,13+/m1/s1. The number of para-hydroxylation sites is 1. The molecule has 72 valence electrons. The van der Waals surface area contributed by atoms with Crippen molar-refractivity contribution in [3.8, 4) is 0 Å². The van der Waals surface area contributed by atoms with E-state index < -0.39 is 0 Å². The van der Waals surface area contributed by atoms with Gasteiger partial charge in [-0.3, -0.25) is 0 Å². The predicted molar refractivity (Wildman–Crippen MR) is 58.4 cm³/mol. The van der Waals surface area contributed by atoms with E-state index in [0.717, 1.165) is 11.2 Å². The molecule has 2 heterocycles. The number of hydrogen-bond acceptors (Lipinski definition) is 2. The van der Waals surface area contributed by atoms with Gasteiger partial charge in [-0.1, -0.05) is 24.3 Å². The molecule has 15 heavy (non-hydrogen) atoms. The summed E-state index contributed by atoms with van der Waals surface area (Å²) in [5.41, 5.74) is 3.36. The van der Waals surface area contributed by atoms with Crippen LogP contribution in [-0.4, -0.2) is 11.1 Å². The van der Waals surface area contributed by atoms with Crippen molar-refractivity contribution in [2.45, 2.75) is 12.2 Å². The summed E-state index contributed by atoms with van der Waals surface area (Å²) in [6.45, 7) is 0. The molecule has 1 aliphatic heterocycles. The number of fused-ring (bicyclic) bond motifs is 4. The van der Waals surface area contributed by atoms with Crippen LogP contribution in [0.25, 0.3) is 17.0 Å². The summed E-state index contributed by atoms with van der Waals surface area (Å²) in [7, 11) is 0. The van der Waals surface area contributed by atoms with Gasteiger partial charge in [-0.15, -0.1) is 0 Å². The third kappa shape index (κ3) is 0.997. The van der Waals surface area contributed by atoms with Crippen molar-refractivity contribution in [2.24, 2.45) is 0 Å². The second-order valence-electron chi connectivity index (χ2n) is 4.04. The Hall–Kier alpha value is -1.67. The molecule has 2 aliphatic rings. The summed E-state index contributed by atoms with van der Waals surface area (Å²) in [5.74, 6) is 0. The lowest BCUT2D eigenvalue weighted by Crippen LogP contribution is -1.98. The molecule has 2 atom stereocenters. The second-order valence-corrected chi connectivity index (χ2v) is 4.04. The van der Waals surface area contributed by atoms with Gasteiger partial charge in [-0.25, -0.2) is 4.98 Å². The van der Waals surface area contributed by atoms with Gasteiger partial charge in [-0.05, 0) is 18.2 Å². The number of nitrogens with zero attached hydrogens (tertiary/aromatic N) is 1. The molecule has 0 spiro atoms. The fraction of sp³-hybridized carbons (Fsp3) is 0.154. The van der Waals surface area contributed by atoms with Crippen LogP contribution >= 0.6 is 0 Å². The maximum atomic E-state index is 5.53. The van der Waals surface area contributed by atoms with Gasteiger partial charge in [0, 0.05) is 10.9 Å². The Morgan fingerprint density at radius 1 is 1.20 bits per heavy atom. The topological polar surface area (TPSA) is 25.4 Å². The molecule has 0 radical (unpaired) electrons. The van der Waals surface area contributed by atoms with Crippen LogP contribution in [0.4, 0.5) is 0 Å². The highest BCUT2D eigenvalue weighted by Crippen LogP contribution is 2.45. The van der Waals surface area contributed by atoms with Crippen LogP contribution in [0.1, 0.15) is 17.4 Å². The Kier molecular flexibility index (Phi) is 1.25. The van der Waals surface area contributed by atoms with Crippen LogP contribution in [0.15, 0.2) is 36.4 Å². The average Bonchev–Trinajstić information content (AvgIpc) is 3.06. The van der Waals surface area contributed by atoms with Gasteiger partial charge < -0.3 is 4.74 Å². The SMILES string of the molecule is C1=C[C@H]2O[C@H]2c2cc3ccccc3nc21. The zero-order chi connectivity index (χ0) is 9.83. The molecule has 2 heteroatoms. The number of ether oxygens (including phenoxy) is 1. The van der Waals surface area contributed by atoms with Crippen molar-refractivity contribution < 1.29 is 4.74 Å². The fourth-order valence-corrected chi connectivity index (χ4v) is 2.22. The Bertz CT molecular complexity index is 588. The van der Waals surface area contributed by atoms with Gasteiger partial charge in [0.2, 0.25) is 0 Å². The third-order valence-corrected chi connectivity index (χ3v) is 3.06. The molecule has 2 aromatic rings. The Balaban J connectivity index is 2.07. The molecule has 1 fully saturated rings. The summed E-state index contributed by atoms with van der Waals surface area (Å²) in [4.78, 5) is 4.63. The first-order valence-corrected chi connectivity index (χ1v) is 5.15. The molecule has 4 rings (SSSR count). The van der Waals surface area contributed by atoms with Crippen molar-refractivity contribution in [3.63, 3.8) is 0 Å². The van der Waals surface area contributed by atoms with Crippen molar-refractivity contribution in [3.05, 3.63) is 47.7 Å². The minimum atomic E-state index is 0.266. The molecule has 0 unspecified atom stereocenters. The maximum absolute atomic E-state index is 5.53. The van der Waals surface area contributed by atoms with Gasteiger partial charge in [0.05, 0.1) is 11.2 Å². The van der Waals surface area contributed by atoms with E-state index in [0.29, 0.717) is 6.10 Å². The molecule has 0 bridgehead atoms. The zero-order valence-corrected chi connectivity index (χ0v) is 8.05. The molecule has 0 amide bonds. The van der Waals surface area contributed by atoms with Gasteiger partial charge in [0.15, 0.2) is 0 Å². The summed E-state index contributed by atoms with van der Waals surface area (Å²) >= 11 is 0. The van der Waals surface area contributed by atoms with Gasteiger partial charge in [0.1, 0.15) is 12.2 Å². The minimum absolute atomic E-state index is 0.266. The monoisotopic (exact) mass is 195 g/mol. The second kappa shape index (κ2) is 2.47. The highest BCUT2D eigenvalue weighted by molar-refractivity contribution is 5.81. The molecular weight excluding hydrogens is 186 g/mol. The lowest BCUT2D eigenvalue weighted by Gasteiger charge is -2.07. The van der Waals surface area contributed by atoms with E-state index in [1.54, 1.807) is 0 Å². The number of epoxide rings is 1. The predicted octanol–water partition coefficient (Wildman–Crippen LogP) is 2.70. The van der Waals surface area contributed by atoms with E-state index in [1.165, 1.54) is 10.9 Å². The molecule has 1 aliphatic carbocycles. The van der Waals surface area contributed by atoms with Crippen molar-refractivity contribution in [2.75, 3.05) is 0 Å². The molecule has 1 saturated heterocycles. The average molecular weight is 195 g/mol. The van der Waals surface area contributed by atoms with Crippen LogP contribution in [0.2, 0.25) is 0 Å². The van der Waals surface area contributed by atoms with E-state index in [2.05, 4.69) is 29.3 Å². The van der Waals surface area contributed by atoms with Gasteiger partial charge in [0.25, 0.3) is 0 Å². The first kappa shape index (κ1) is 7.60. The zero-order valence-electron chi connectivity index (χ0n) is 8.05. The summed E-state index contributed by atoms with van der Waals surface area (Å²) < 4.78 is 5.53. The molecule has 1 aromatic heterocycles. The van der Waals surface area contributed by atoms with E-state index in [-0.39, 0.29) is 6.10 Å². The number of aromatic nitrogens is 1. The van der Waals surface area contributed by atoms with Crippen molar-refractivity contribution in [1.82, 2.24) is 4.98 Å². The van der Waals surface area contributed by atoms with E-state index in [9.17, 15) is 0 Å². The fourth-order valence-electron chi connectivity index (χ4n) is 2.22. The van der Waals surface area contributed by atoms with Crippen LogP contribution in [0, 0.1) is 0 Å². The van der Waals surface area contributed by atoms with E-state index >= 15 is 0 Å². The largest absolute Gasteiger partial charge is 0.360 e. The van der Waals surface area contributed by atoms with E-state index in [4.69, 9.17) is 4.74 Å². The Morgan fingerprint density at radius 2 is 2.13 bits per heavy atom. The van der Waals surface area contributed by atoms with Crippen molar-refractivity contribution in [1.29, 1.82) is 0 Å². The first-order chi connectivity index (χ1) is 7.42. The molecule has 0 N–H and O–H groups in total. The molecule has 1 aromatic carbocycles. The highest BCUT2D eigenvalue weighted by Gasteiger charge is 2.42. The smallest absolute Gasteiger partial charge is 0.115 e. The Labute approximate surface area is 87.2 Å². The number of benzene rings is 1. The van der Waals surface area contributed by atoms with Crippen LogP contribution in [0.3, 0.4) is 0 Å². The van der Waals surface area contributed by atoms with Gasteiger partial charge in [-0.2, -0.15) is 0 Å². The number of rotatable bonds is 0. The van der Waals surface area contributed by atoms with E-state index in [1.807, 2.05) is 18.2 Å². The minimum Gasteiger partial charge on any atom is -0.360 e. The lowest BCUT2D eigenvalue weighted by atomic mass is 10.00. The number of pyridine rings is 1. The maximum Gasteiger partial charge on any atom is 0.115 e. The van der Waals surface area contributed by atoms with Crippen LogP contribution in [-0.2, 0) is 4.74 Å². The molecule has 0 saturated carbocycles. The van der Waals surface area contributed by atoms with Crippen LogP contribution < -0.4 is 0 Å². The third-order valence-electron chi connectivity index (χ3n) is 3.06. The summed E-state index contributed by atoms with van der Waals surface area (Å²) in [6, 6.07) is 10.4. The van der Waals surface area contributed by atoms with Gasteiger partial charge >= 0.3 is 0 Å². The summed E-state index contributed by atoms with van der Waals surface area (Å²) in [5, 5.41) is 1.20. The quantitative estimate of drug-likeness (QED) is 0.604. The van der Waals surface area contributed by atoms with Crippen molar-refractivity contribution >= 4 is 17.0 Å². The lowest BCUT2D eigenvalue weighted by molar-refractivity contribution is 0.395. The first-order valence-electron chi connectivity index (χ1n) is 5.15. The molecular formula is C13H9NO. The summed E-state index contributed by atoms with van der Waals surface area (Å²) in [6.07, 6.45) is 4.73. The Morgan fingerprint density at radius 3 is 3.13 bits per heavy atom. The molecule has 2 nitrogen and oxygen atoms in total. The highest BCUT2D eigenvalue weighted by atomic mass is 16.6. The van der Waals surface area contributed by atoms with Crippen LogP contribution in [0.5, 0.6) is 0 Å².